The molecule has 1 N–H and O–H groups in total. The summed E-state index contributed by atoms with van der Waals surface area (Å²) in [6.07, 6.45) is 0.975. The summed E-state index contributed by atoms with van der Waals surface area (Å²) in [6, 6.07) is 2.25. The number of ether oxygens (including phenoxy) is 1. The number of nitrogens with zero attached hydrogens (tertiary/aromatic N) is 1. The minimum absolute atomic E-state index is 0.267. The van der Waals surface area contributed by atoms with Crippen LogP contribution in [0.2, 0.25) is 0 Å². The van der Waals surface area contributed by atoms with Crippen molar-refractivity contribution >= 4 is 0 Å². The van der Waals surface area contributed by atoms with Gasteiger partial charge in [0.1, 0.15) is 5.41 Å². The summed E-state index contributed by atoms with van der Waals surface area (Å²) in [6.45, 7) is 6.92. The Balaban J connectivity index is 2.84. The maximum absolute atomic E-state index is 10.2. The van der Waals surface area contributed by atoms with Crippen molar-refractivity contribution < 1.29 is 9.84 Å². The molecule has 1 heterocycles. The average Bonchev–Trinajstić information content (AvgIpc) is 2.16. The molecule has 80 valence electrons. The predicted octanol–water partition coefficient (Wildman–Crippen LogP) is 1.71. The Morgan fingerprint density at radius 2 is 2.14 bits per heavy atom. The van der Waals surface area contributed by atoms with Crippen molar-refractivity contribution in [1.29, 1.82) is 5.26 Å². The number of aliphatic hydroxyl groups is 1. The van der Waals surface area contributed by atoms with E-state index in [-0.39, 0.29) is 5.41 Å². The first kappa shape index (κ1) is 11.5. The molecule has 0 saturated carbocycles. The van der Waals surface area contributed by atoms with Gasteiger partial charge in [0.05, 0.1) is 18.8 Å². The molecule has 0 aromatic carbocycles. The van der Waals surface area contributed by atoms with Gasteiger partial charge in [-0.25, -0.2) is 0 Å². The number of hydrogen-bond donors (Lipinski definition) is 1. The third-order valence-electron chi connectivity index (χ3n) is 2.84. The van der Waals surface area contributed by atoms with Crippen molar-refractivity contribution in [2.24, 2.45) is 10.8 Å². The molecule has 0 radical (unpaired) electrons. The lowest BCUT2D eigenvalue weighted by Gasteiger charge is -2.41. The lowest BCUT2D eigenvalue weighted by Crippen LogP contribution is -2.47. The smallest absolute Gasteiger partial charge is 0.107 e. The van der Waals surface area contributed by atoms with E-state index in [0.717, 1.165) is 12.8 Å². The van der Waals surface area contributed by atoms with Crippen LogP contribution in [0.3, 0.4) is 0 Å². The second-order valence-electron chi connectivity index (χ2n) is 5.19. The van der Waals surface area contributed by atoms with Gasteiger partial charge < -0.3 is 9.84 Å². The van der Waals surface area contributed by atoms with Crippen LogP contribution in [-0.4, -0.2) is 24.4 Å². The van der Waals surface area contributed by atoms with Gasteiger partial charge >= 0.3 is 0 Å². The highest BCUT2D eigenvalue weighted by Gasteiger charge is 2.45. The first-order valence-electron chi connectivity index (χ1n) is 5.09. The van der Waals surface area contributed by atoms with Crippen molar-refractivity contribution in [3.05, 3.63) is 0 Å². The van der Waals surface area contributed by atoms with Crippen LogP contribution in [0.25, 0.3) is 0 Å². The Kier molecular flexibility index (Phi) is 3.18. The molecule has 0 spiro atoms. The van der Waals surface area contributed by atoms with Crippen LogP contribution >= 0.6 is 0 Å². The van der Waals surface area contributed by atoms with E-state index >= 15 is 0 Å². The molecular formula is C11H19NO2. The molecule has 0 aliphatic carbocycles. The second-order valence-corrected chi connectivity index (χ2v) is 5.19. The van der Waals surface area contributed by atoms with Crippen LogP contribution in [0.15, 0.2) is 0 Å². The minimum atomic E-state index is -0.698. The summed E-state index contributed by atoms with van der Waals surface area (Å²) >= 11 is 0. The highest BCUT2D eigenvalue weighted by atomic mass is 16.5. The molecule has 1 rings (SSSR count). The van der Waals surface area contributed by atoms with Gasteiger partial charge in [0.2, 0.25) is 0 Å². The summed E-state index contributed by atoms with van der Waals surface area (Å²) in [5.74, 6) is 0. The maximum atomic E-state index is 10.2. The van der Waals surface area contributed by atoms with Gasteiger partial charge in [-0.15, -0.1) is 0 Å². The quantitative estimate of drug-likeness (QED) is 0.696. The molecule has 14 heavy (non-hydrogen) atoms. The van der Waals surface area contributed by atoms with Gasteiger partial charge in [0, 0.05) is 6.61 Å². The lowest BCUT2D eigenvalue weighted by atomic mass is 9.69. The Morgan fingerprint density at radius 3 is 2.50 bits per heavy atom. The van der Waals surface area contributed by atoms with Gasteiger partial charge in [-0.3, -0.25) is 0 Å². The van der Waals surface area contributed by atoms with E-state index in [1.165, 1.54) is 0 Å². The number of nitriles is 1. The van der Waals surface area contributed by atoms with Gasteiger partial charge in [0.25, 0.3) is 0 Å². The summed E-state index contributed by atoms with van der Waals surface area (Å²) in [5.41, 5.74) is -0.965. The molecule has 3 nitrogen and oxygen atoms in total. The summed E-state index contributed by atoms with van der Waals surface area (Å²) in [7, 11) is 0. The normalized spacial score (nSPS) is 30.8. The third kappa shape index (κ3) is 2.08. The van der Waals surface area contributed by atoms with Crippen LogP contribution in [0.5, 0.6) is 0 Å². The molecule has 0 bridgehead atoms. The third-order valence-corrected chi connectivity index (χ3v) is 2.84. The van der Waals surface area contributed by atoms with Crippen molar-refractivity contribution in [2.45, 2.75) is 39.7 Å². The molecule has 0 amide bonds. The van der Waals surface area contributed by atoms with E-state index in [9.17, 15) is 10.4 Å². The minimum Gasteiger partial charge on any atom is -0.391 e. The van der Waals surface area contributed by atoms with E-state index in [4.69, 9.17) is 4.74 Å². The zero-order valence-corrected chi connectivity index (χ0v) is 9.21. The molecule has 1 aliphatic rings. The van der Waals surface area contributed by atoms with Crippen LogP contribution in [0, 0.1) is 22.2 Å². The molecule has 1 aliphatic heterocycles. The van der Waals surface area contributed by atoms with Crippen LogP contribution in [-0.2, 0) is 4.74 Å². The Hall–Kier alpha value is -0.590. The number of hydrogen-bond acceptors (Lipinski definition) is 3. The van der Waals surface area contributed by atoms with Crippen molar-refractivity contribution in [3.63, 3.8) is 0 Å². The van der Waals surface area contributed by atoms with E-state index in [1.54, 1.807) is 0 Å². The molecule has 2 unspecified atom stereocenters. The molecular weight excluding hydrogens is 178 g/mol. The van der Waals surface area contributed by atoms with Gasteiger partial charge in [0.15, 0.2) is 0 Å². The topological polar surface area (TPSA) is 53.2 Å². The largest absolute Gasteiger partial charge is 0.391 e. The fourth-order valence-electron chi connectivity index (χ4n) is 2.01. The standard InChI is InChI=1S/C11H19NO2/c1-10(2,3)9(13)11(7-12)5-4-6-14-8-11/h9,13H,4-6,8H2,1-3H3. The SMILES string of the molecule is CC(C)(C)C(O)C1(C#N)CCCOC1. The predicted molar refractivity (Wildman–Crippen MR) is 53.6 cm³/mol. The van der Waals surface area contributed by atoms with Gasteiger partial charge in [-0.2, -0.15) is 5.26 Å². The summed E-state index contributed by atoms with van der Waals surface area (Å²) < 4.78 is 5.31. The molecule has 0 aromatic rings. The van der Waals surface area contributed by atoms with Crippen molar-refractivity contribution in [3.8, 4) is 6.07 Å². The van der Waals surface area contributed by atoms with Crippen LogP contribution < -0.4 is 0 Å². The van der Waals surface area contributed by atoms with Gasteiger partial charge in [-0.1, -0.05) is 20.8 Å². The highest BCUT2D eigenvalue weighted by Crippen LogP contribution is 2.39. The monoisotopic (exact) mass is 197 g/mol. The molecule has 1 fully saturated rings. The summed E-state index contributed by atoms with van der Waals surface area (Å²) in [5, 5.41) is 19.3. The first-order valence-corrected chi connectivity index (χ1v) is 5.09. The second kappa shape index (κ2) is 3.88. The lowest BCUT2D eigenvalue weighted by molar-refractivity contribution is -0.0903. The van der Waals surface area contributed by atoms with E-state index in [0.29, 0.717) is 13.2 Å². The van der Waals surface area contributed by atoms with Crippen molar-refractivity contribution in [1.82, 2.24) is 0 Å². The molecule has 2 atom stereocenters. The Morgan fingerprint density at radius 1 is 1.50 bits per heavy atom. The average molecular weight is 197 g/mol. The summed E-state index contributed by atoms with van der Waals surface area (Å²) in [4.78, 5) is 0. The highest BCUT2D eigenvalue weighted by molar-refractivity contribution is 5.07. The van der Waals surface area contributed by atoms with Crippen molar-refractivity contribution in [2.75, 3.05) is 13.2 Å². The van der Waals surface area contributed by atoms with E-state index < -0.39 is 11.5 Å². The number of aliphatic hydroxyl groups excluding tert-OH is 1. The van der Waals surface area contributed by atoms with Crippen LogP contribution in [0.1, 0.15) is 33.6 Å². The molecule has 3 heteroatoms. The van der Waals surface area contributed by atoms with Crippen LogP contribution in [0.4, 0.5) is 0 Å². The molecule has 0 aromatic heterocycles. The number of rotatable bonds is 1. The molecule has 1 saturated heterocycles. The first-order chi connectivity index (χ1) is 6.42. The van der Waals surface area contributed by atoms with E-state index in [1.807, 2.05) is 20.8 Å². The Bertz CT molecular complexity index is 231. The zero-order chi connectivity index (χ0) is 10.8. The fraction of sp³-hybridized carbons (Fsp3) is 0.909. The van der Waals surface area contributed by atoms with E-state index in [2.05, 4.69) is 6.07 Å². The Labute approximate surface area is 85.7 Å². The van der Waals surface area contributed by atoms with Gasteiger partial charge in [-0.05, 0) is 18.3 Å². The maximum Gasteiger partial charge on any atom is 0.107 e. The fourth-order valence-corrected chi connectivity index (χ4v) is 2.01. The zero-order valence-electron chi connectivity index (χ0n) is 9.21.